The molecule has 0 spiro atoms. The molecular formula is C12H18F2N2. The minimum absolute atomic E-state index is 0.484. The summed E-state index contributed by atoms with van der Waals surface area (Å²) >= 11 is 0. The second-order valence-corrected chi connectivity index (χ2v) is 3.84. The zero-order valence-corrected chi connectivity index (χ0v) is 9.69. The molecule has 0 heterocycles. The van der Waals surface area contributed by atoms with E-state index < -0.39 is 11.6 Å². The van der Waals surface area contributed by atoms with E-state index in [4.69, 9.17) is 0 Å². The van der Waals surface area contributed by atoms with Crippen LogP contribution in [0.5, 0.6) is 0 Å². The van der Waals surface area contributed by atoms with Crippen molar-refractivity contribution >= 4 is 5.69 Å². The van der Waals surface area contributed by atoms with Crippen molar-refractivity contribution in [2.75, 3.05) is 25.5 Å². The maximum Gasteiger partial charge on any atom is 0.160 e. The highest BCUT2D eigenvalue weighted by Gasteiger charge is 2.06. The molecule has 90 valence electrons. The normalized spacial score (nSPS) is 12.5. The zero-order chi connectivity index (χ0) is 12.0. The fraction of sp³-hybridized carbons (Fsp3) is 0.500. The van der Waals surface area contributed by atoms with Crippen molar-refractivity contribution in [1.82, 2.24) is 5.32 Å². The Kier molecular flexibility index (Phi) is 5.19. The third-order valence-electron chi connectivity index (χ3n) is 2.58. The van der Waals surface area contributed by atoms with Gasteiger partial charge < -0.3 is 10.6 Å². The van der Waals surface area contributed by atoms with Crippen molar-refractivity contribution in [2.24, 2.45) is 5.92 Å². The summed E-state index contributed by atoms with van der Waals surface area (Å²) in [5.41, 5.74) is 0.619. The molecule has 0 aliphatic rings. The van der Waals surface area contributed by atoms with E-state index in [1.165, 1.54) is 6.07 Å². The van der Waals surface area contributed by atoms with Gasteiger partial charge in [0.05, 0.1) is 0 Å². The van der Waals surface area contributed by atoms with Crippen LogP contribution in [0.15, 0.2) is 18.2 Å². The number of hydrogen-bond donors (Lipinski definition) is 2. The summed E-state index contributed by atoms with van der Waals surface area (Å²) < 4.78 is 25.6. The molecule has 0 saturated carbocycles. The van der Waals surface area contributed by atoms with Crippen LogP contribution in [0, 0.1) is 17.6 Å². The van der Waals surface area contributed by atoms with E-state index in [1.807, 2.05) is 7.05 Å². The molecule has 0 bridgehead atoms. The lowest BCUT2D eigenvalue weighted by Crippen LogP contribution is -2.24. The number of rotatable bonds is 6. The monoisotopic (exact) mass is 228 g/mol. The van der Waals surface area contributed by atoms with Crippen LogP contribution >= 0.6 is 0 Å². The summed E-state index contributed by atoms with van der Waals surface area (Å²) in [5, 5.41) is 6.20. The molecule has 0 fully saturated rings. The second kappa shape index (κ2) is 6.43. The number of nitrogens with one attached hydrogen (secondary N) is 2. The maximum atomic E-state index is 12.9. The third kappa shape index (κ3) is 3.77. The molecule has 16 heavy (non-hydrogen) atoms. The standard InChI is InChI=1S/C12H18F2N2/c1-3-9(7-15-2)8-16-10-4-5-11(13)12(14)6-10/h4-6,9,15-16H,3,7-8H2,1-2H3. The molecule has 1 unspecified atom stereocenters. The predicted molar refractivity (Wildman–Crippen MR) is 62.6 cm³/mol. The van der Waals surface area contributed by atoms with Crippen LogP contribution in [0.25, 0.3) is 0 Å². The summed E-state index contributed by atoms with van der Waals surface area (Å²) in [6.45, 7) is 3.77. The van der Waals surface area contributed by atoms with Gasteiger partial charge in [-0.05, 0) is 37.7 Å². The number of halogens is 2. The Balaban J connectivity index is 2.50. The van der Waals surface area contributed by atoms with Gasteiger partial charge in [0.1, 0.15) is 0 Å². The van der Waals surface area contributed by atoms with Crippen LogP contribution in [0.2, 0.25) is 0 Å². The topological polar surface area (TPSA) is 24.1 Å². The third-order valence-corrected chi connectivity index (χ3v) is 2.58. The fourth-order valence-corrected chi connectivity index (χ4v) is 1.52. The van der Waals surface area contributed by atoms with Crippen LogP contribution in [0.3, 0.4) is 0 Å². The average Bonchev–Trinajstić information content (AvgIpc) is 2.28. The number of hydrogen-bond acceptors (Lipinski definition) is 2. The Morgan fingerprint density at radius 2 is 1.94 bits per heavy atom. The maximum absolute atomic E-state index is 12.9. The number of benzene rings is 1. The van der Waals surface area contributed by atoms with E-state index in [9.17, 15) is 8.78 Å². The minimum atomic E-state index is -0.813. The van der Waals surface area contributed by atoms with Gasteiger partial charge in [0, 0.05) is 12.2 Å². The molecule has 2 nitrogen and oxygen atoms in total. The molecule has 0 radical (unpaired) electrons. The van der Waals surface area contributed by atoms with Gasteiger partial charge in [-0.3, -0.25) is 0 Å². The van der Waals surface area contributed by atoms with Gasteiger partial charge in [0.2, 0.25) is 0 Å². The zero-order valence-electron chi connectivity index (χ0n) is 9.69. The van der Waals surface area contributed by atoms with E-state index in [2.05, 4.69) is 17.6 Å². The first-order chi connectivity index (χ1) is 7.67. The summed E-state index contributed by atoms with van der Waals surface area (Å²) in [5.74, 6) is -1.14. The lowest BCUT2D eigenvalue weighted by molar-refractivity contribution is 0.502. The van der Waals surface area contributed by atoms with Gasteiger partial charge in [-0.1, -0.05) is 13.3 Å². The van der Waals surface area contributed by atoms with Gasteiger partial charge in [-0.2, -0.15) is 0 Å². The van der Waals surface area contributed by atoms with Gasteiger partial charge >= 0.3 is 0 Å². The highest BCUT2D eigenvalue weighted by Crippen LogP contribution is 2.14. The Hall–Kier alpha value is -1.16. The smallest absolute Gasteiger partial charge is 0.160 e. The van der Waals surface area contributed by atoms with E-state index in [0.717, 1.165) is 25.6 Å². The number of anilines is 1. The molecule has 0 amide bonds. The van der Waals surface area contributed by atoms with Crippen molar-refractivity contribution in [2.45, 2.75) is 13.3 Å². The summed E-state index contributed by atoms with van der Waals surface area (Å²) in [6, 6.07) is 3.86. The molecule has 0 saturated heterocycles. The SMILES string of the molecule is CCC(CNC)CNc1ccc(F)c(F)c1. The van der Waals surface area contributed by atoms with Crippen LogP contribution in [-0.4, -0.2) is 20.1 Å². The molecular weight excluding hydrogens is 210 g/mol. The predicted octanol–water partition coefficient (Wildman–Crippen LogP) is 2.62. The largest absolute Gasteiger partial charge is 0.385 e. The van der Waals surface area contributed by atoms with Gasteiger partial charge in [-0.25, -0.2) is 8.78 Å². The van der Waals surface area contributed by atoms with Crippen LogP contribution in [0.1, 0.15) is 13.3 Å². The summed E-state index contributed by atoms with van der Waals surface area (Å²) in [4.78, 5) is 0. The van der Waals surface area contributed by atoms with Crippen LogP contribution in [0.4, 0.5) is 14.5 Å². The molecule has 2 N–H and O–H groups in total. The van der Waals surface area contributed by atoms with Gasteiger partial charge in [0.15, 0.2) is 11.6 Å². The minimum Gasteiger partial charge on any atom is -0.385 e. The molecule has 1 rings (SSSR count). The van der Waals surface area contributed by atoms with Crippen molar-refractivity contribution in [3.05, 3.63) is 29.8 Å². The van der Waals surface area contributed by atoms with E-state index in [0.29, 0.717) is 11.6 Å². The van der Waals surface area contributed by atoms with Gasteiger partial charge in [0.25, 0.3) is 0 Å². The molecule has 0 aromatic heterocycles. The first-order valence-corrected chi connectivity index (χ1v) is 5.50. The van der Waals surface area contributed by atoms with Crippen molar-refractivity contribution < 1.29 is 8.78 Å². The highest BCUT2D eigenvalue weighted by molar-refractivity contribution is 5.43. The molecule has 4 heteroatoms. The Morgan fingerprint density at radius 3 is 2.50 bits per heavy atom. The van der Waals surface area contributed by atoms with E-state index in [-0.39, 0.29) is 0 Å². The average molecular weight is 228 g/mol. The molecule has 1 aromatic rings. The molecule has 1 aromatic carbocycles. The Morgan fingerprint density at radius 1 is 1.19 bits per heavy atom. The van der Waals surface area contributed by atoms with Crippen molar-refractivity contribution in [1.29, 1.82) is 0 Å². The van der Waals surface area contributed by atoms with Crippen molar-refractivity contribution in [3.8, 4) is 0 Å². The molecule has 0 aliphatic heterocycles. The second-order valence-electron chi connectivity index (χ2n) is 3.84. The Bertz CT molecular complexity index is 329. The van der Waals surface area contributed by atoms with Crippen LogP contribution in [-0.2, 0) is 0 Å². The lowest BCUT2D eigenvalue weighted by Gasteiger charge is -2.16. The van der Waals surface area contributed by atoms with Crippen molar-refractivity contribution in [3.63, 3.8) is 0 Å². The van der Waals surface area contributed by atoms with Gasteiger partial charge in [-0.15, -0.1) is 0 Å². The quantitative estimate of drug-likeness (QED) is 0.782. The molecule has 1 atom stereocenters. The van der Waals surface area contributed by atoms with E-state index in [1.54, 1.807) is 6.07 Å². The first kappa shape index (κ1) is 12.9. The van der Waals surface area contributed by atoms with Crippen LogP contribution < -0.4 is 10.6 Å². The lowest BCUT2D eigenvalue weighted by atomic mass is 10.1. The highest BCUT2D eigenvalue weighted by atomic mass is 19.2. The Labute approximate surface area is 95.1 Å². The first-order valence-electron chi connectivity index (χ1n) is 5.50. The fourth-order valence-electron chi connectivity index (χ4n) is 1.52. The molecule has 0 aliphatic carbocycles. The summed E-state index contributed by atoms with van der Waals surface area (Å²) in [7, 11) is 1.90. The summed E-state index contributed by atoms with van der Waals surface area (Å²) in [6.07, 6.45) is 1.04. The van der Waals surface area contributed by atoms with E-state index >= 15 is 0 Å².